The average Bonchev–Trinajstić information content (AvgIpc) is 2.51. The molecule has 1 atom stereocenters. The van der Waals surface area contributed by atoms with E-state index in [1.54, 1.807) is 14.2 Å². The number of methoxy groups -OCH3 is 2. The van der Waals surface area contributed by atoms with E-state index in [9.17, 15) is 0 Å². The lowest BCUT2D eigenvalue weighted by Crippen LogP contribution is -2.40. The van der Waals surface area contributed by atoms with Crippen molar-refractivity contribution < 1.29 is 9.47 Å². The smallest absolute Gasteiger partial charge is 0.161 e. The Morgan fingerprint density at radius 1 is 1.24 bits per heavy atom. The number of rotatable bonds is 7. The molecule has 0 unspecified atom stereocenters. The molecule has 0 bridgehead atoms. The van der Waals surface area contributed by atoms with E-state index in [4.69, 9.17) is 15.2 Å². The zero-order valence-electron chi connectivity index (χ0n) is 13.2. The van der Waals surface area contributed by atoms with Gasteiger partial charge in [-0.1, -0.05) is 0 Å². The molecule has 21 heavy (non-hydrogen) atoms. The molecule has 0 aromatic heterocycles. The van der Waals surface area contributed by atoms with Gasteiger partial charge in [-0.3, -0.25) is 4.90 Å². The number of nitrogens with two attached hydrogens (primary N) is 1. The van der Waals surface area contributed by atoms with Gasteiger partial charge in [-0.05, 0) is 48.1 Å². The summed E-state index contributed by atoms with van der Waals surface area (Å²) in [5, 5.41) is 0. The van der Waals surface area contributed by atoms with E-state index in [0.717, 1.165) is 49.7 Å². The van der Waals surface area contributed by atoms with Crippen LogP contribution >= 0.6 is 11.8 Å². The molecule has 1 aliphatic heterocycles. The fraction of sp³-hybridized carbons (Fsp3) is 0.625. The summed E-state index contributed by atoms with van der Waals surface area (Å²) in [6, 6.07) is 4.48. The Bertz CT molecular complexity index is 468. The minimum atomic E-state index is 0.263. The molecule has 1 aliphatic rings. The van der Waals surface area contributed by atoms with Crippen LogP contribution < -0.4 is 15.2 Å². The van der Waals surface area contributed by atoms with E-state index in [-0.39, 0.29) is 6.04 Å². The van der Waals surface area contributed by atoms with Crippen molar-refractivity contribution in [2.75, 3.05) is 39.3 Å². The summed E-state index contributed by atoms with van der Waals surface area (Å²) < 4.78 is 10.8. The first-order valence-electron chi connectivity index (χ1n) is 7.38. The highest BCUT2D eigenvalue weighted by Gasteiger charge is 2.20. The Morgan fingerprint density at radius 3 is 2.52 bits per heavy atom. The summed E-state index contributed by atoms with van der Waals surface area (Å²) in [4.78, 5) is 2.44. The third-order valence-corrected chi connectivity index (χ3v) is 4.63. The molecular formula is C16H26N2O2S. The Kier molecular flexibility index (Phi) is 6.21. The molecule has 4 nitrogen and oxygen atoms in total. The van der Waals surface area contributed by atoms with Crippen molar-refractivity contribution in [2.45, 2.75) is 25.4 Å². The van der Waals surface area contributed by atoms with Gasteiger partial charge >= 0.3 is 0 Å². The maximum Gasteiger partial charge on any atom is 0.161 e. The predicted octanol–water partition coefficient (Wildman–Crippen LogP) is 2.14. The lowest BCUT2D eigenvalue weighted by atomic mass is 9.98. The topological polar surface area (TPSA) is 47.7 Å². The van der Waals surface area contributed by atoms with Crippen LogP contribution in [0.3, 0.4) is 0 Å². The Labute approximate surface area is 132 Å². The lowest BCUT2D eigenvalue weighted by Gasteiger charge is -2.31. The summed E-state index contributed by atoms with van der Waals surface area (Å²) in [5.74, 6) is 2.77. The van der Waals surface area contributed by atoms with Crippen LogP contribution in [0, 0.1) is 0 Å². The van der Waals surface area contributed by atoms with Crippen molar-refractivity contribution in [3.05, 3.63) is 23.3 Å². The van der Waals surface area contributed by atoms with Crippen molar-refractivity contribution in [1.82, 2.24) is 4.90 Å². The van der Waals surface area contributed by atoms with Crippen LogP contribution in [-0.4, -0.2) is 50.3 Å². The second-order valence-electron chi connectivity index (χ2n) is 5.50. The maximum atomic E-state index is 6.21. The van der Waals surface area contributed by atoms with Gasteiger partial charge in [0, 0.05) is 25.7 Å². The normalized spacial score (nSPS) is 16.4. The number of hydrogen-bond acceptors (Lipinski definition) is 5. The van der Waals surface area contributed by atoms with Gasteiger partial charge in [0.15, 0.2) is 11.5 Å². The highest BCUT2D eigenvalue weighted by molar-refractivity contribution is 7.98. The average molecular weight is 310 g/mol. The van der Waals surface area contributed by atoms with Crippen molar-refractivity contribution >= 4 is 11.8 Å². The summed E-state index contributed by atoms with van der Waals surface area (Å²) in [6.07, 6.45) is 4.25. The van der Waals surface area contributed by atoms with Crippen LogP contribution in [0.15, 0.2) is 12.1 Å². The molecule has 0 aliphatic carbocycles. The predicted molar refractivity (Wildman–Crippen MR) is 89.5 cm³/mol. The molecule has 2 rings (SSSR count). The number of nitrogens with zero attached hydrogens (tertiary/aromatic N) is 1. The van der Waals surface area contributed by atoms with Crippen LogP contribution in [-0.2, 0) is 13.0 Å². The molecule has 118 valence electrons. The monoisotopic (exact) mass is 310 g/mol. The Morgan fingerprint density at radius 2 is 1.90 bits per heavy atom. The van der Waals surface area contributed by atoms with E-state index >= 15 is 0 Å². The molecule has 0 saturated carbocycles. The molecule has 0 saturated heterocycles. The maximum absolute atomic E-state index is 6.21. The number of hydrogen-bond donors (Lipinski definition) is 1. The first-order chi connectivity index (χ1) is 10.2. The molecule has 0 radical (unpaired) electrons. The van der Waals surface area contributed by atoms with E-state index in [1.807, 2.05) is 11.8 Å². The van der Waals surface area contributed by atoms with Crippen molar-refractivity contribution in [1.29, 1.82) is 0 Å². The molecular weight excluding hydrogens is 284 g/mol. The Hall–Kier alpha value is -0.910. The first-order valence-corrected chi connectivity index (χ1v) is 8.78. The number of thioether (sulfide) groups is 1. The van der Waals surface area contributed by atoms with E-state index < -0.39 is 0 Å². The fourth-order valence-corrected chi connectivity index (χ4v) is 3.33. The molecule has 2 N–H and O–H groups in total. The van der Waals surface area contributed by atoms with E-state index in [1.165, 1.54) is 11.1 Å². The second-order valence-corrected chi connectivity index (χ2v) is 6.49. The van der Waals surface area contributed by atoms with Crippen molar-refractivity contribution in [3.63, 3.8) is 0 Å². The molecule has 1 aromatic rings. The Balaban J connectivity index is 2.02. The molecule has 5 heteroatoms. The summed E-state index contributed by atoms with van der Waals surface area (Å²) in [6.45, 7) is 2.98. The molecule has 1 aromatic carbocycles. The van der Waals surface area contributed by atoms with Gasteiger partial charge in [0.2, 0.25) is 0 Å². The van der Waals surface area contributed by atoms with Gasteiger partial charge in [-0.25, -0.2) is 0 Å². The van der Waals surface area contributed by atoms with Gasteiger partial charge in [0.05, 0.1) is 14.2 Å². The minimum absolute atomic E-state index is 0.263. The lowest BCUT2D eigenvalue weighted by molar-refractivity contribution is 0.235. The zero-order chi connectivity index (χ0) is 15.2. The van der Waals surface area contributed by atoms with Gasteiger partial charge in [0.1, 0.15) is 0 Å². The molecule has 0 amide bonds. The van der Waals surface area contributed by atoms with Crippen LogP contribution in [0.1, 0.15) is 17.5 Å². The third-order valence-electron chi connectivity index (χ3n) is 3.98. The van der Waals surface area contributed by atoms with Crippen LogP contribution in [0.25, 0.3) is 0 Å². The number of benzene rings is 1. The summed E-state index contributed by atoms with van der Waals surface area (Å²) >= 11 is 1.86. The molecule has 0 fully saturated rings. The number of fused-ring (bicyclic) bond motifs is 1. The van der Waals surface area contributed by atoms with E-state index in [0.29, 0.717) is 0 Å². The quantitative estimate of drug-likeness (QED) is 0.836. The van der Waals surface area contributed by atoms with Crippen LogP contribution in [0.2, 0.25) is 0 Å². The fourth-order valence-electron chi connectivity index (χ4n) is 2.79. The summed E-state index contributed by atoms with van der Waals surface area (Å²) in [7, 11) is 3.37. The van der Waals surface area contributed by atoms with Crippen LogP contribution in [0.5, 0.6) is 11.5 Å². The largest absolute Gasteiger partial charge is 0.493 e. The molecule has 1 heterocycles. The second kappa shape index (κ2) is 7.92. The zero-order valence-corrected chi connectivity index (χ0v) is 14.0. The molecule has 0 spiro atoms. The minimum Gasteiger partial charge on any atom is -0.493 e. The van der Waals surface area contributed by atoms with Gasteiger partial charge < -0.3 is 15.2 Å². The summed E-state index contributed by atoms with van der Waals surface area (Å²) in [5.41, 5.74) is 8.90. The van der Waals surface area contributed by atoms with Gasteiger partial charge in [0.25, 0.3) is 0 Å². The van der Waals surface area contributed by atoms with E-state index in [2.05, 4.69) is 23.3 Å². The van der Waals surface area contributed by atoms with Crippen molar-refractivity contribution in [3.8, 4) is 11.5 Å². The third kappa shape index (κ3) is 4.28. The highest BCUT2D eigenvalue weighted by Crippen LogP contribution is 2.33. The van der Waals surface area contributed by atoms with Gasteiger partial charge in [-0.15, -0.1) is 0 Å². The highest BCUT2D eigenvalue weighted by atomic mass is 32.2. The SMILES string of the molecule is COc1cc2c(cc1OC)CN(C[C@@H](N)CCSC)CC2. The van der Waals surface area contributed by atoms with Crippen LogP contribution in [0.4, 0.5) is 0 Å². The first kappa shape index (κ1) is 16.5. The number of ether oxygens (including phenoxy) is 2. The van der Waals surface area contributed by atoms with Crippen molar-refractivity contribution in [2.24, 2.45) is 5.73 Å². The van der Waals surface area contributed by atoms with Gasteiger partial charge in [-0.2, -0.15) is 11.8 Å². The standard InChI is InChI=1S/C16H26N2O2S/c1-19-15-8-12-4-6-18(11-14(17)5-7-21-3)10-13(12)9-16(15)20-2/h8-9,14H,4-7,10-11,17H2,1-3H3/t14-/m0/s1.